The predicted molar refractivity (Wildman–Crippen MR) is 73.6 cm³/mol. The van der Waals surface area contributed by atoms with Crippen LogP contribution >= 0.6 is 0 Å². The lowest BCUT2D eigenvalue weighted by Crippen LogP contribution is -2.49. The molecule has 2 saturated heterocycles. The average molecular weight is 253 g/mol. The Labute approximate surface area is 111 Å². The van der Waals surface area contributed by atoms with E-state index < -0.39 is 0 Å². The predicted octanol–water partition coefficient (Wildman–Crippen LogP) is 1.07. The van der Waals surface area contributed by atoms with E-state index in [0.29, 0.717) is 18.5 Å². The van der Waals surface area contributed by atoms with Crippen LogP contribution in [-0.4, -0.2) is 61.0 Å². The van der Waals surface area contributed by atoms with Gasteiger partial charge in [0.2, 0.25) is 5.91 Å². The molecule has 0 aromatic carbocycles. The molecule has 0 aromatic heterocycles. The Hall–Kier alpha value is -0.610. The highest BCUT2D eigenvalue weighted by molar-refractivity contribution is 5.78. The fourth-order valence-corrected chi connectivity index (χ4v) is 2.70. The smallest absolute Gasteiger partial charge is 0.236 e. The zero-order valence-corrected chi connectivity index (χ0v) is 11.7. The average Bonchev–Trinajstić information content (AvgIpc) is 2.76. The number of carbonyl (C=O) groups is 1. The van der Waals surface area contributed by atoms with E-state index in [1.165, 1.54) is 32.1 Å². The molecule has 2 fully saturated rings. The molecule has 0 spiro atoms. The van der Waals surface area contributed by atoms with Gasteiger partial charge in [-0.2, -0.15) is 0 Å². The number of unbranched alkanes of at least 4 members (excludes halogenated alkanes) is 1. The van der Waals surface area contributed by atoms with Gasteiger partial charge in [0, 0.05) is 25.7 Å². The molecule has 0 saturated carbocycles. The molecule has 1 unspecified atom stereocenters. The summed E-state index contributed by atoms with van der Waals surface area (Å²) in [5, 5.41) is 3.53. The van der Waals surface area contributed by atoms with Crippen LogP contribution in [0.5, 0.6) is 0 Å². The number of hydrogen-bond donors (Lipinski definition) is 1. The van der Waals surface area contributed by atoms with E-state index >= 15 is 0 Å². The summed E-state index contributed by atoms with van der Waals surface area (Å²) in [6.45, 7) is 8.03. The number of nitrogens with zero attached hydrogens (tertiary/aromatic N) is 2. The lowest BCUT2D eigenvalue weighted by Gasteiger charge is -2.34. The number of nitrogens with one attached hydrogen (secondary N) is 1. The maximum atomic E-state index is 12.0. The summed E-state index contributed by atoms with van der Waals surface area (Å²) in [7, 11) is 0. The van der Waals surface area contributed by atoms with Crippen LogP contribution in [0, 0.1) is 0 Å². The fraction of sp³-hybridized carbons (Fsp3) is 0.929. The number of amides is 1. The number of carbonyl (C=O) groups excluding carboxylic acids is 1. The summed E-state index contributed by atoms with van der Waals surface area (Å²) in [4.78, 5) is 16.4. The summed E-state index contributed by atoms with van der Waals surface area (Å²) in [6, 6.07) is 0.603. The highest BCUT2D eigenvalue weighted by Crippen LogP contribution is 2.10. The molecular weight excluding hydrogens is 226 g/mol. The van der Waals surface area contributed by atoms with Gasteiger partial charge in [0.05, 0.1) is 6.54 Å². The first-order chi connectivity index (χ1) is 8.79. The van der Waals surface area contributed by atoms with E-state index in [1.807, 2.05) is 4.90 Å². The lowest BCUT2D eigenvalue weighted by atomic mass is 10.2. The summed E-state index contributed by atoms with van der Waals surface area (Å²) < 4.78 is 0. The number of likely N-dealkylation sites (tertiary alicyclic amines) is 1. The van der Waals surface area contributed by atoms with E-state index in [-0.39, 0.29) is 0 Å². The van der Waals surface area contributed by atoms with Gasteiger partial charge in [-0.05, 0) is 38.8 Å². The third kappa shape index (κ3) is 3.95. The summed E-state index contributed by atoms with van der Waals surface area (Å²) >= 11 is 0. The zero-order valence-electron chi connectivity index (χ0n) is 11.7. The van der Waals surface area contributed by atoms with Gasteiger partial charge in [0.1, 0.15) is 0 Å². The molecular formula is C14H27N3O. The van der Waals surface area contributed by atoms with Gasteiger partial charge < -0.3 is 10.2 Å². The second-order valence-corrected chi connectivity index (χ2v) is 5.62. The molecule has 1 amide bonds. The largest absolute Gasteiger partial charge is 0.341 e. The van der Waals surface area contributed by atoms with Crippen LogP contribution in [0.4, 0.5) is 0 Å². The molecule has 0 aromatic rings. The first-order valence-corrected chi connectivity index (χ1v) is 7.53. The molecule has 2 heterocycles. The van der Waals surface area contributed by atoms with Gasteiger partial charge in [-0.1, -0.05) is 13.3 Å². The monoisotopic (exact) mass is 253 g/mol. The molecule has 2 aliphatic rings. The molecule has 104 valence electrons. The van der Waals surface area contributed by atoms with Gasteiger partial charge in [-0.15, -0.1) is 0 Å². The van der Waals surface area contributed by atoms with Gasteiger partial charge in [0.25, 0.3) is 0 Å². The molecule has 0 aliphatic carbocycles. The normalized spacial score (nSPS) is 23.4. The van der Waals surface area contributed by atoms with Crippen molar-refractivity contribution in [3.8, 4) is 0 Å². The molecule has 4 heteroatoms. The van der Waals surface area contributed by atoms with Crippen LogP contribution < -0.4 is 5.32 Å². The maximum Gasteiger partial charge on any atom is 0.236 e. The highest BCUT2D eigenvalue weighted by atomic mass is 16.2. The fourth-order valence-electron chi connectivity index (χ4n) is 2.70. The Morgan fingerprint density at radius 2 is 2.22 bits per heavy atom. The second kappa shape index (κ2) is 7.10. The van der Waals surface area contributed by atoms with Crippen LogP contribution in [0.3, 0.4) is 0 Å². The Kier molecular flexibility index (Phi) is 5.45. The van der Waals surface area contributed by atoms with Gasteiger partial charge in [-0.25, -0.2) is 0 Å². The van der Waals surface area contributed by atoms with Gasteiger partial charge in [-0.3, -0.25) is 9.69 Å². The minimum Gasteiger partial charge on any atom is -0.341 e. The Bertz CT molecular complexity index is 260. The summed E-state index contributed by atoms with van der Waals surface area (Å²) in [6.07, 6.45) is 6.13. The van der Waals surface area contributed by atoms with E-state index in [2.05, 4.69) is 17.1 Å². The van der Waals surface area contributed by atoms with Crippen LogP contribution in [0.25, 0.3) is 0 Å². The van der Waals surface area contributed by atoms with E-state index in [0.717, 1.165) is 32.7 Å². The van der Waals surface area contributed by atoms with Gasteiger partial charge in [0.15, 0.2) is 0 Å². The van der Waals surface area contributed by atoms with Crippen molar-refractivity contribution in [2.24, 2.45) is 0 Å². The second-order valence-electron chi connectivity index (χ2n) is 5.62. The molecule has 1 N–H and O–H groups in total. The van der Waals surface area contributed by atoms with E-state index in [4.69, 9.17) is 0 Å². The van der Waals surface area contributed by atoms with Gasteiger partial charge >= 0.3 is 0 Å². The van der Waals surface area contributed by atoms with E-state index in [9.17, 15) is 4.79 Å². The molecule has 0 bridgehead atoms. The highest BCUT2D eigenvalue weighted by Gasteiger charge is 2.24. The van der Waals surface area contributed by atoms with E-state index in [1.54, 1.807) is 0 Å². The van der Waals surface area contributed by atoms with Crippen molar-refractivity contribution in [1.29, 1.82) is 0 Å². The van der Waals surface area contributed by atoms with Crippen molar-refractivity contribution in [3.05, 3.63) is 0 Å². The van der Waals surface area contributed by atoms with Crippen LogP contribution in [-0.2, 0) is 4.79 Å². The molecule has 1 atom stereocenters. The zero-order chi connectivity index (χ0) is 12.8. The molecule has 4 nitrogen and oxygen atoms in total. The van der Waals surface area contributed by atoms with Crippen molar-refractivity contribution >= 4 is 5.91 Å². The van der Waals surface area contributed by atoms with Crippen molar-refractivity contribution in [2.45, 2.75) is 45.1 Å². The first kappa shape index (κ1) is 13.8. The Morgan fingerprint density at radius 1 is 1.39 bits per heavy atom. The third-order valence-corrected chi connectivity index (χ3v) is 4.04. The number of rotatable bonds is 7. The van der Waals surface area contributed by atoms with Crippen LogP contribution in [0.15, 0.2) is 0 Å². The summed E-state index contributed by atoms with van der Waals surface area (Å²) in [5.74, 6) is 0.329. The van der Waals surface area contributed by atoms with Crippen molar-refractivity contribution < 1.29 is 4.79 Å². The molecule has 0 radical (unpaired) electrons. The lowest BCUT2D eigenvalue weighted by molar-refractivity contribution is -0.135. The standard InChI is InChI=1S/C14H27N3O/c1-2-3-8-16(11-13-6-4-7-15-13)12-14(18)17-9-5-10-17/h13,15H,2-12H2,1H3. The minimum atomic E-state index is 0.329. The quantitative estimate of drug-likeness (QED) is 0.737. The molecule has 2 aliphatic heterocycles. The molecule has 2 rings (SSSR count). The third-order valence-electron chi connectivity index (χ3n) is 4.04. The van der Waals surface area contributed by atoms with Crippen molar-refractivity contribution in [2.75, 3.05) is 39.3 Å². The SMILES string of the molecule is CCCCN(CC(=O)N1CCC1)CC1CCCN1. The Morgan fingerprint density at radius 3 is 2.78 bits per heavy atom. The maximum absolute atomic E-state index is 12.0. The Balaban J connectivity index is 1.76. The van der Waals surface area contributed by atoms with Crippen LogP contribution in [0.1, 0.15) is 39.0 Å². The summed E-state index contributed by atoms with van der Waals surface area (Å²) in [5.41, 5.74) is 0. The topological polar surface area (TPSA) is 35.6 Å². The minimum absolute atomic E-state index is 0.329. The van der Waals surface area contributed by atoms with Crippen molar-refractivity contribution in [3.63, 3.8) is 0 Å². The van der Waals surface area contributed by atoms with Crippen molar-refractivity contribution in [1.82, 2.24) is 15.1 Å². The van der Waals surface area contributed by atoms with Crippen LogP contribution in [0.2, 0.25) is 0 Å². The number of hydrogen-bond acceptors (Lipinski definition) is 3. The first-order valence-electron chi connectivity index (χ1n) is 7.53. The molecule has 18 heavy (non-hydrogen) atoms.